The average Bonchev–Trinajstić information content (AvgIpc) is 2.46. The lowest BCUT2D eigenvalue weighted by molar-refractivity contribution is 0.199. The van der Waals surface area contributed by atoms with Gasteiger partial charge in [0.1, 0.15) is 0 Å². The molecule has 2 unspecified atom stereocenters. The van der Waals surface area contributed by atoms with Crippen LogP contribution in [0.1, 0.15) is 37.1 Å². The highest BCUT2D eigenvalue weighted by Gasteiger charge is 2.14. The SMILES string of the molecule is CC(O)c1ccc(N(C)C(C)c2ccc(Cl)cc2)cc1Cl. The number of nitrogens with zero attached hydrogens (tertiary/aromatic N) is 1. The normalized spacial score (nSPS) is 13.8. The van der Waals surface area contributed by atoms with Gasteiger partial charge >= 0.3 is 0 Å². The molecule has 0 aliphatic rings. The standard InChI is InChI=1S/C17H19Cl2NO/c1-11(13-4-6-14(18)7-5-13)20(3)15-8-9-16(12(2)21)17(19)10-15/h4-12,21H,1-3H3. The molecular weight excluding hydrogens is 305 g/mol. The van der Waals surface area contributed by atoms with Crippen molar-refractivity contribution in [2.45, 2.75) is 26.0 Å². The Hall–Kier alpha value is -1.22. The Kier molecular flexibility index (Phi) is 5.15. The molecule has 2 aromatic carbocycles. The van der Waals surface area contributed by atoms with Crippen molar-refractivity contribution in [3.8, 4) is 0 Å². The molecule has 1 N–H and O–H groups in total. The molecule has 2 atom stereocenters. The van der Waals surface area contributed by atoms with Crippen LogP contribution in [0.25, 0.3) is 0 Å². The first-order valence-corrected chi connectivity index (χ1v) is 7.61. The Morgan fingerprint density at radius 2 is 1.62 bits per heavy atom. The largest absolute Gasteiger partial charge is 0.389 e. The third kappa shape index (κ3) is 3.70. The highest BCUT2D eigenvalue weighted by molar-refractivity contribution is 6.31. The number of aliphatic hydroxyl groups excluding tert-OH is 1. The first-order chi connectivity index (χ1) is 9.90. The van der Waals surface area contributed by atoms with E-state index in [0.29, 0.717) is 5.02 Å². The number of benzene rings is 2. The number of halogens is 2. The van der Waals surface area contributed by atoms with E-state index in [1.54, 1.807) is 6.92 Å². The fraction of sp³-hybridized carbons (Fsp3) is 0.294. The van der Waals surface area contributed by atoms with Gasteiger partial charge in [-0.05, 0) is 49.2 Å². The van der Waals surface area contributed by atoms with E-state index in [2.05, 4.69) is 11.8 Å². The molecule has 4 heteroatoms. The van der Waals surface area contributed by atoms with Crippen molar-refractivity contribution >= 4 is 28.9 Å². The second kappa shape index (κ2) is 6.69. The maximum atomic E-state index is 9.64. The van der Waals surface area contributed by atoms with Gasteiger partial charge in [0, 0.05) is 22.8 Å². The summed E-state index contributed by atoms with van der Waals surface area (Å²) in [5.74, 6) is 0. The number of rotatable bonds is 4. The molecule has 2 aromatic rings. The summed E-state index contributed by atoms with van der Waals surface area (Å²) in [7, 11) is 2.02. The second-order valence-electron chi connectivity index (χ2n) is 5.22. The lowest BCUT2D eigenvalue weighted by atomic mass is 10.1. The summed E-state index contributed by atoms with van der Waals surface area (Å²) >= 11 is 12.2. The fourth-order valence-electron chi connectivity index (χ4n) is 2.26. The Balaban J connectivity index is 2.25. The molecule has 0 fully saturated rings. The highest BCUT2D eigenvalue weighted by Crippen LogP contribution is 2.31. The van der Waals surface area contributed by atoms with E-state index in [-0.39, 0.29) is 6.04 Å². The van der Waals surface area contributed by atoms with Crippen molar-refractivity contribution in [1.29, 1.82) is 0 Å². The molecule has 0 aliphatic heterocycles. The molecule has 0 spiro atoms. The van der Waals surface area contributed by atoms with Gasteiger partial charge in [0.05, 0.1) is 12.1 Å². The third-order valence-electron chi connectivity index (χ3n) is 3.77. The first-order valence-electron chi connectivity index (χ1n) is 6.86. The first kappa shape index (κ1) is 16.2. The molecular formula is C17H19Cl2NO. The van der Waals surface area contributed by atoms with Crippen LogP contribution in [0.15, 0.2) is 42.5 Å². The molecule has 0 radical (unpaired) electrons. The Morgan fingerprint density at radius 3 is 2.14 bits per heavy atom. The third-order valence-corrected chi connectivity index (χ3v) is 4.35. The van der Waals surface area contributed by atoms with Crippen LogP contribution in [0.2, 0.25) is 10.0 Å². The molecule has 2 nitrogen and oxygen atoms in total. The van der Waals surface area contributed by atoms with Crippen molar-refractivity contribution in [1.82, 2.24) is 0 Å². The van der Waals surface area contributed by atoms with Gasteiger partial charge in [0.25, 0.3) is 0 Å². The molecule has 0 amide bonds. The van der Waals surface area contributed by atoms with E-state index in [4.69, 9.17) is 23.2 Å². The van der Waals surface area contributed by atoms with Crippen LogP contribution in [0, 0.1) is 0 Å². The van der Waals surface area contributed by atoms with Crippen LogP contribution in [0.5, 0.6) is 0 Å². The Morgan fingerprint density at radius 1 is 1.00 bits per heavy atom. The summed E-state index contributed by atoms with van der Waals surface area (Å²) in [4.78, 5) is 2.14. The zero-order valence-corrected chi connectivity index (χ0v) is 13.9. The zero-order chi connectivity index (χ0) is 15.6. The molecule has 112 valence electrons. The predicted molar refractivity (Wildman–Crippen MR) is 90.4 cm³/mol. The molecule has 0 aliphatic carbocycles. The molecule has 0 aromatic heterocycles. The average molecular weight is 324 g/mol. The molecule has 2 rings (SSSR count). The monoisotopic (exact) mass is 323 g/mol. The van der Waals surface area contributed by atoms with Crippen molar-refractivity contribution in [3.63, 3.8) is 0 Å². The molecule has 0 heterocycles. The smallest absolute Gasteiger partial charge is 0.0776 e. The van der Waals surface area contributed by atoms with E-state index in [1.165, 1.54) is 5.56 Å². The number of hydrogen-bond donors (Lipinski definition) is 1. The van der Waals surface area contributed by atoms with Crippen LogP contribution in [0.3, 0.4) is 0 Å². The minimum atomic E-state index is -0.564. The second-order valence-corrected chi connectivity index (χ2v) is 6.06. The lowest BCUT2D eigenvalue weighted by Gasteiger charge is -2.28. The van der Waals surface area contributed by atoms with Crippen LogP contribution < -0.4 is 4.90 Å². The van der Waals surface area contributed by atoms with Crippen LogP contribution >= 0.6 is 23.2 Å². The maximum Gasteiger partial charge on any atom is 0.0776 e. The van der Waals surface area contributed by atoms with Crippen LogP contribution in [-0.2, 0) is 0 Å². The highest BCUT2D eigenvalue weighted by atomic mass is 35.5. The molecule has 0 saturated heterocycles. The zero-order valence-electron chi connectivity index (χ0n) is 12.3. The number of anilines is 1. The van der Waals surface area contributed by atoms with E-state index >= 15 is 0 Å². The molecule has 21 heavy (non-hydrogen) atoms. The molecule has 0 bridgehead atoms. The number of aliphatic hydroxyl groups is 1. The van der Waals surface area contributed by atoms with Gasteiger partial charge in [-0.1, -0.05) is 41.4 Å². The van der Waals surface area contributed by atoms with Crippen molar-refractivity contribution < 1.29 is 5.11 Å². The van der Waals surface area contributed by atoms with Crippen molar-refractivity contribution in [2.75, 3.05) is 11.9 Å². The van der Waals surface area contributed by atoms with E-state index in [1.807, 2.05) is 49.5 Å². The lowest BCUT2D eigenvalue weighted by Crippen LogP contribution is -2.21. The maximum absolute atomic E-state index is 9.64. The van der Waals surface area contributed by atoms with Crippen molar-refractivity contribution in [2.24, 2.45) is 0 Å². The van der Waals surface area contributed by atoms with Crippen LogP contribution in [-0.4, -0.2) is 12.2 Å². The van der Waals surface area contributed by atoms with Gasteiger partial charge in [0.2, 0.25) is 0 Å². The predicted octanol–water partition coefficient (Wildman–Crippen LogP) is 5.24. The summed E-state index contributed by atoms with van der Waals surface area (Å²) in [5, 5.41) is 11.0. The van der Waals surface area contributed by atoms with Gasteiger partial charge in [-0.15, -0.1) is 0 Å². The Labute approximate surface area is 135 Å². The van der Waals surface area contributed by atoms with E-state index in [9.17, 15) is 5.11 Å². The minimum absolute atomic E-state index is 0.190. The van der Waals surface area contributed by atoms with Gasteiger partial charge in [0.15, 0.2) is 0 Å². The topological polar surface area (TPSA) is 23.5 Å². The van der Waals surface area contributed by atoms with E-state index < -0.39 is 6.10 Å². The van der Waals surface area contributed by atoms with Gasteiger partial charge in [-0.3, -0.25) is 0 Å². The summed E-state index contributed by atoms with van der Waals surface area (Å²) < 4.78 is 0. The summed E-state index contributed by atoms with van der Waals surface area (Å²) in [6.07, 6.45) is -0.564. The van der Waals surface area contributed by atoms with Gasteiger partial charge in [-0.25, -0.2) is 0 Å². The summed E-state index contributed by atoms with van der Waals surface area (Å²) in [6, 6.07) is 13.7. The Bertz CT molecular complexity index is 611. The van der Waals surface area contributed by atoms with E-state index in [0.717, 1.165) is 16.3 Å². The van der Waals surface area contributed by atoms with Crippen molar-refractivity contribution in [3.05, 3.63) is 63.6 Å². The minimum Gasteiger partial charge on any atom is -0.389 e. The number of hydrogen-bond acceptors (Lipinski definition) is 2. The summed E-state index contributed by atoms with van der Waals surface area (Å²) in [5.41, 5.74) is 2.93. The molecule has 0 saturated carbocycles. The van der Waals surface area contributed by atoms with Crippen LogP contribution in [0.4, 0.5) is 5.69 Å². The quantitative estimate of drug-likeness (QED) is 0.831. The van der Waals surface area contributed by atoms with Gasteiger partial charge < -0.3 is 10.0 Å². The summed E-state index contributed by atoms with van der Waals surface area (Å²) in [6.45, 7) is 3.83. The van der Waals surface area contributed by atoms with Gasteiger partial charge in [-0.2, -0.15) is 0 Å². The fourth-order valence-corrected chi connectivity index (χ4v) is 2.72.